The zero-order valence-electron chi connectivity index (χ0n) is 12.3. The van der Waals surface area contributed by atoms with Gasteiger partial charge in [0.15, 0.2) is 5.13 Å². The van der Waals surface area contributed by atoms with Crippen molar-refractivity contribution in [2.75, 3.05) is 32.5 Å². The van der Waals surface area contributed by atoms with Crippen molar-refractivity contribution in [2.45, 2.75) is 0 Å². The van der Waals surface area contributed by atoms with Gasteiger partial charge in [-0.1, -0.05) is 0 Å². The van der Waals surface area contributed by atoms with Crippen LogP contribution in [0, 0.1) is 0 Å². The normalized spacial score (nSPS) is 11.2. The minimum absolute atomic E-state index is 0.173. The first-order chi connectivity index (χ1) is 10.6. The van der Waals surface area contributed by atoms with Crippen LogP contribution in [0.1, 0.15) is 0 Å². The molecule has 0 radical (unpaired) electrons. The Morgan fingerprint density at radius 1 is 1.36 bits per heavy atom. The van der Waals surface area contributed by atoms with Crippen molar-refractivity contribution in [1.82, 2.24) is 24.8 Å². The van der Waals surface area contributed by atoms with Crippen molar-refractivity contribution in [2.24, 2.45) is 0 Å². The number of anilines is 1. The number of H-pyrrole nitrogens is 1. The Morgan fingerprint density at radius 3 is 3.05 bits per heavy atom. The highest BCUT2D eigenvalue weighted by Crippen LogP contribution is 2.26. The molecule has 0 bridgehead atoms. The van der Waals surface area contributed by atoms with Crippen molar-refractivity contribution in [3.63, 3.8) is 0 Å². The number of nitrogens with zero attached hydrogens (tertiary/aromatic N) is 4. The molecule has 22 heavy (non-hydrogen) atoms. The number of hydrogen-bond acceptors (Lipinski definition) is 7. The van der Waals surface area contributed by atoms with Gasteiger partial charge in [0.2, 0.25) is 0 Å². The molecule has 3 rings (SSSR count). The number of likely N-dealkylation sites (N-methyl/N-ethyl adjacent to an activating group) is 1. The molecule has 3 aromatic heterocycles. The second-order valence-corrected chi connectivity index (χ2v) is 5.91. The molecule has 2 N–H and O–H groups in total. The van der Waals surface area contributed by atoms with E-state index >= 15 is 0 Å². The molecule has 0 amide bonds. The molecule has 8 heteroatoms. The number of hydrogen-bond donors (Lipinski definition) is 2. The summed E-state index contributed by atoms with van der Waals surface area (Å²) in [4.78, 5) is 29.6. The van der Waals surface area contributed by atoms with Crippen molar-refractivity contribution in [3.8, 4) is 11.4 Å². The molecule has 0 saturated heterocycles. The van der Waals surface area contributed by atoms with E-state index in [1.807, 2.05) is 19.5 Å². The third-order valence-electron chi connectivity index (χ3n) is 3.14. The topological polar surface area (TPSA) is 86.8 Å². The van der Waals surface area contributed by atoms with Crippen LogP contribution in [-0.4, -0.2) is 52.0 Å². The van der Waals surface area contributed by atoms with Crippen LogP contribution in [0.4, 0.5) is 5.13 Å². The van der Waals surface area contributed by atoms with Gasteiger partial charge >= 0.3 is 0 Å². The van der Waals surface area contributed by atoms with Crippen LogP contribution < -0.4 is 10.9 Å². The Bertz CT molecular complexity index is 840. The maximum absolute atomic E-state index is 11.8. The van der Waals surface area contributed by atoms with Crippen molar-refractivity contribution in [1.29, 1.82) is 0 Å². The Morgan fingerprint density at radius 2 is 2.23 bits per heavy atom. The molecule has 0 aliphatic heterocycles. The fraction of sp³-hybridized carbons (Fsp3) is 0.286. The van der Waals surface area contributed by atoms with Crippen LogP contribution in [0.15, 0.2) is 28.8 Å². The predicted octanol–water partition coefficient (Wildman–Crippen LogP) is 1.42. The van der Waals surface area contributed by atoms with E-state index in [9.17, 15) is 4.79 Å². The highest BCUT2D eigenvalue weighted by Gasteiger charge is 2.12. The summed E-state index contributed by atoms with van der Waals surface area (Å²) in [6.07, 6.45) is 2.99. The first-order valence-electron chi connectivity index (χ1n) is 6.82. The van der Waals surface area contributed by atoms with E-state index in [1.165, 1.54) is 17.7 Å². The molecular formula is C14H16N6OS. The van der Waals surface area contributed by atoms with Crippen molar-refractivity contribution >= 4 is 27.4 Å². The molecule has 7 nitrogen and oxygen atoms in total. The fourth-order valence-electron chi connectivity index (χ4n) is 2.04. The summed E-state index contributed by atoms with van der Waals surface area (Å²) in [5.41, 5.74) is 1.74. The van der Waals surface area contributed by atoms with Crippen LogP contribution in [0.2, 0.25) is 0 Å². The fourth-order valence-corrected chi connectivity index (χ4v) is 2.76. The van der Waals surface area contributed by atoms with Gasteiger partial charge in [-0.2, -0.15) is 0 Å². The van der Waals surface area contributed by atoms with Gasteiger partial charge in [0.05, 0.1) is 11.7 Å². The Balaban J connectivity index is 1.91. The number of nitrogens with one attached hydrogen (secondary N) is 2. The monoisotopic (exact) mass is 316 g/mol. The summed E-state index contributed by atoms with van der Waals surface area (Å²) >= 11 is 1.51. The van der Waals surface area contributed by atoms with Crippen molar-refractivity contribution < 1.29 is 0 Å². The molecule has 0 fully saturated rings. The van der Waals surface area contributed by atoms with E-state index in [0.29, 0.717) is 16.6 Å². The van der Waals surface area contributed by atoms with Crippen LogP contribution in [0.3, 0.4) is 0 Å². The van der Waals surface area contributed by atoms with Gasteiger partial charge in [-0.15, -0.1) is 11.3 Å². The SMILES string of the molecule is CN(C)CCNc1nc(-c2nccc3c(=O)[nH]cnc23)cs1. The quantitative estimate of drug-likeness (QED) is 0.740. The van der Waals surface area contributed by atoms with Gasteiger partial charge < -0.3 is 15.2 Å². The van der Waals surface area contributed by atoms with E-state index in [4.69, 9.17) is 0 Å². The summed E-state index contributed by atoms with van der Waals surface area (Å²) in [5.74, 6) is 0. The third kappa shape index (κ3) is 2.97. The van der Waals surface area contributed by atoms with E-state index in [2.05, 4.69) is 30.2 Å². The van der Waals surface area contributed by atoms with E-state index in [0.717, 1.165) is 23.9 Å². The number of pyridine rings is 1. The number of thiazole rings is 1. The van der Waals surface area contributed by atoms with Crippen LogP contribution in [0.25, 0.3) is 22.3 Å². The summed E-state index contributed by atoms with van der Waals surface area (Å²) in [7, 11) is 4.05. The average molecular weight is 316 g/mol. The summed E-state index contributed by atoms with van der Waals surface area (Å²) in [5, 5.41) is 6.54. The molecular weight excluding hydrogens is 300 g/mol. The average Bonchev–Trinajstić information content (AvgIpc) is 2.95. The molecule has 3 heterocycles. The number of aromatic amines is 1. The lowest BCUT2D eigenvalue weighted by Crippen LogP contribution is -2.20. The molecule has 3 aromatic rings. The minimum Gasteiger partial charge on any atom is -0.360 e. The lowest BCUT2D eigenvalue weighted by Gasteiger charge is -2.09. The number of rotatable bonds is 5. The van der Waals surface area contributed by atoms with Crippen LogP contribution >= 0.6 is 11.3 Å². The lowest BCUT2D eigenvalue weighted by molar-refractivity contribution is 0.425. The minimum atomic E-state index is -0.173. The largest absolute Gasteiger partial charge is 0.360 e. The van der Waals surface area contributed by atoms with Gasteiger partial charge in [-0.3, -0.25) is 9.78 Å². The van der Waals surface area contributed by atoms with Crippen molar-refractivity contribution in [3.05, 3.63) is 34.3 Å². The summed E-state index contributed by atoms with van der Waals surface area (Å²) in [6.45, 7) is 1.75. The Labute approximate surface area is 131 Å². The summed E-state index contributed by atoms with van der Waals surface area (Å²) in [6, 6.07) is 1.66. The van der Waals surface area contributed by atoms with E-state index in [1.54, 1.807) is 12.3 Å². The summed E-state index contributed by atoms with van der Waals surface area (Å²) < 4.78 is 0. The van der Waals surface area contributed by atoms with E-state index < -0.39 is 0 Å². The maximum Gasteiger partial charge on any atom is 0.258 e. The molecule has 0 aromatic carbocycles. The highest BCUT2D eigenvalue weighted by atomic mass is 32.1. The highest BCUT2D eigenvalue weighted by molar-refractivity contribution is 7.14. The van der Waals surface area contributed by atoms with E-state index in [-0.39, 0.29) is 5.56 Å². The predicted molar refractivity (Wildman–Crippen MR) is 88.3 cm³/mol. The third-order valence-corrected chi connectivity index (χ3v) is 3.94. The Hall–Kier alpha value is -2.32. The maximum atomic E-state index is 11.8. The molecule has 0 atom stereocenters. The number of fused-ring (bicyclic) bond motifs is 1. The number of aromatic nitrogens is 4. The smallest absolute Gasteiger partial charge is 0.258 e. The zero-order valence-corrected chi connectivity index (χ0v) is 13.1. The van der Waals surface area contributed by atoms with Gasteiger partial charge in [0.25, 0.3) is 5.56 Å². The lowest BCUT2D eigenvalue weighted by atomic mass is 10.2. The first-order valence-corrected chi connectivity index (χ1v) is 7.70. The van der Waals surface area contributed by atoms with Crippen LogP contribution in [0.5, 0.6) is 0 Å². The van der Waals surface area contributed by atoms with Gasteiger partial charge in [-0.25, -0.2) is 9.97 Å². The molecule has 0 saturated carbocycles. The second-order valence-electron chi connectivity index (χ2n) is 5.06. The molecule has 0 spiro atoms. The molecule has 0 aliphatic carbocycles. The zero-order chi connectivity index (χ0) is 15.5. The first kappa shape index (κ1) is 14.6. The molecule has 114 valence electrons. The van der Waals surface area contributed by atoms with Crippen LogP contribution in [-0.2, 0) is 0 Å². The standard InChI is InChI=1S/C14H16N6OS/c1-20(2)6-5-16-14-19-10(7-22-14)12-11-9(3-4-15-12)13(21)18-8-17-11/h3-4,7-8H,5-6H2,1-2H3,(H,16,19)(H,17,18,21). The van der Waals surface area contributed by atoms with Gasteiger partial charge in [0, 0.05) is 24.7 Å². The molecule has 0 aliphatic rings. The Kier molecular flexibility index (Phi) is 4.12. The molecule has 0 unspecified atom stereocenters. The second kappa shape index (κ2) is 6.20. The van der Waals surface area contributed by atoms with Gasteiger partial charge in [-0.05, 0) is 20.2 Å². The van der Waals surface area contributed by atoms with Gasteiger partial charge in [0.1, 0.15) is 16.9 Å².